The number of carbonyl (C=O) groups is 1. The maximum Gasteiger partial charge on any atom is 0.331 e. The van der Waals surface area contributed by atoms with Gasteiger partial charge in [0.25, 0.3) is 0 Å². The third-order valence-electron chi connectivity index (χ3n) is 1.67. The Balaban J connectivity index is 2.63. The molecule has 4 nitrogen and oxygen atoms in total. The second-order valence-electron chi connectivity index (χ2n) is 4.20. The van der Waals surface area contributed by atoms with Crippen LogP contribution < -0.4 is 0 Å². The van der Waals surface area contributed by atoms with Crippen molar-refractivity contribution in [1.82, 2.24) is 9.78 Å². The van der Waals surface area contributed by atoms with E-state index in [1.807, 2.05) is 20.8 Å². The summed E-state index contributed by atoms with van der Waals surface area (Å²) in [6, 6.07) is 1.41. The van der Waals surface area contributed by atoms with Crippen LogP contribution in [0, 0.1) is 0 Å². The van der Waals surface area contributed by atoms with Crippen LogP contribution in [0.15, 0.2) is 18.5 Å². The molecule has 0 saturated heterocycles. The van der Waals surface area contributed by atoms with Crippen LogP contribution in [0.1, 0.15) is 33.7 Å². The number of hydrogen-bond acceptors (Lipinski definition) is 3. The summed E-state index contributed by atoms with van der Waals surface area (Å²) in [7, 11) is 0. The summed E-state index contributed by atoms with van der Waals surface area (Å²) in [4.78, 5) is 11.6. The predicted octanol–water partition coefficient (Wildman–Crippen LogP) is 1.79. The summed E-state index contributed by atoms with van der Waals surface area (Å²) in [6.07, 6.45) is 3.38. The largest absolute Gasteiger partial charge is 0.458 e. The van der Waals surface area contributed by atoms with Crippen LogP contribution in [0.3, 0.4) is 0 Å². The number of hydrogen-bond donors (Lipinski definition) is 0. The fourth-order valence-corrected chi connectivity index (χ4v) is 1.00. The Morgan fingerprint density at radius 2 is 2.14 bits per heavy atom. The Bertz CT molecular complexity index is 298. The van der Waals surface area contributed by atoms with Crippen molar-refractivity contribution in [3.8, 4) is 0 Å². The minimum Gasteiger partial charge on any atom is -0.458 e. The van der Waals surface area contributed by atoms with E-state index >= 15 is 0 Å². The summed E-state index contributed by atoms with van der Waals surface area (Å²) in [5.41, 5.74) is -0.446. The van der Waals surface area contributed by atoms with Gasteiger partial charge in [-0.3, -0.25) is 4.68 Å². The first-order valence-electron chi connectivity index (χ1n) is 4.62. The number of aromatic nitrogens is 2. The molecule has 0 spiro atoms. The van der Waals surface area contributed by atoms with E-state index in [1.165, 1.54) is 0 Å². The molecule has 0 aliphatic rings. The molecule has 0 aliphatic carbocycles. The Labute approximate surface area is 83.9 Å². The summed E-state index contributed by atoms with van der Waals surface area (Å²) in [5, 5.41) is 3.98. The number of nitrogens with zero attached hydrogens (tertiary/aromatic N) is 2. The van der Waals surface area contributed by atoms with E-state index in [2.05, 4.69) is 5.10 Å². The van der Waals surface area contributed by atoms with Crippen LogP contribution in [-0.4, -0.2) is 21.4 Å². The van der Waals surface area contributed by atoms with E-state index in [-0.39, 0.29) is 12.0 Å². The van der Waals surface area contributed by atoms with Crippen molar-refractivity contribution >= 4 is 5.97 Å². The van der Waals surface area contributed by atoms with Gasteiger partial charge in [-0.15, -0.1) is 0 Å². The van der Waals surface area contributed by atoms with Crippen LogP contribution in [0.5, 0.6) is 0 Å². The van der Waals surface area contributed by atoms with E-state index in [4.69, 9.17) is 4.74 Å². The first-order chi connectivity index (χ1) is 6.40. The smallest absolute Gasteiger partial charge is 0.331 e. The molecule has 1 aromatic rings. The van der Waals surface area contributed by atoms with Gasteiger partial charge in [0.1, 0.15) is 11.6 Å². The molecule has 0 aliphatic heterocycles. The van der Waals surface area contributed by atoms with E-state index in [0.29, 0.717) is 0 Å². The molecule has 1 unspecified atom stereocenters. The molecule has 0 saturated carbocycles. The zero-order valence-electron chi connectivity index (χ0n) is 9.02. The van der Waals surface area contributed by atoms with Crippen molar-refractivity contribution < 1.29 is 9.53 Å². The zero-order valence-corrected chi connectivity index (χ0v) is 9.02. The highest BCUT2D eigenvalue weighted by Crippen LogP contribution is 2.13. The SMILES string of the molecule is CC(C(=O)OC(C)(C)C)n1cccn1. The van der Waals surface area contributed by atoms with Crippen LogP contribution >= 0.6 is 0 Å². The molecule has 1 atom stereocenters. The maximum absolute atomic E-state index is 11.6. The minimum absolute atomic E-state index is 0.263. The van der Waals surface area contributed by atoms with Crippen LogP contribution in [0.2, 0.25) is 0 Å². The van der Waals surface area contributed by atoms with Gasteiger partial charge in [-0.05, 0) is 33.8 Å². The Morgan fingerprint density at radius 1 is 1.50 bits per heavy atom. The van der Waals surface area contributed by atoms with Crippen molar-refractivity contribution in [2.45, 2.75) is 39.3 Å². The average Bonchev–Trinajstić information content (AvgIpc) is 2.51. The Kier molecular flexibility index (Phi) is 2.93. The first-order valence-corrected chi connectivity index (χ1v) is 4.62. The Hall–Kier alpha value is -1.32. The molecule has 14 heavy (non-hydrogen) atoms. The standard InChI is InChI=1S/C10H16N2O2/c1-8(12-7-5-6-11-12)9(13)14-10(2,3)4/h5-8H,1-4H3. The number of rotatable bonds is 2. The third kappa shape index (κ3) is 2.87. The van der Waals surface area contributed by atoms with Crippen LogP contribution in [0.4, 0.5) is 0 Å². The van der Waals surface area contributed by atoms with E-state index in [9.17, 15) is 4.79 Å². The van der Waals surface area contributed by atoms with E-state index < -0.39 is 5.60 Å². The van der Waals surface area contributed by atoms with E-state index in [0.717, 1.165) is 0 Å². The van der Waals surface area contributed by atoms with Crippen molar-refractivity contribution in [3.05, 3.63) is 18.5 Å². The lowest BCUT2D eigenvalue weighted by Crippen LogP contribution is -2.29. The van der Waals surface area contributed by atoms with Crippen molar-refractivity contribution in [2.24, 2.45) is 0 Å². The van der Waals surface area contributed by atoms with Gasteiger partial charge in [-0.2, -0.15) is 5.10 Å². The summed E-state index contributed by atoms with van der Waals surface area (Å²) < 4.78 is 6.80. The number of esters is 1. The second-order valence-corrected chi connectivity index (χ2v) is 4.20. The van der Waals surface area contributed by atoms with Gasteiger partial charge in [0, 0.05) is 12.4 Å². The molecule has 0 radical (unpaired) electrons. The molecule has 1 aromatic heterocycles. The lowest BCUT2D eigenvalue weighted by atomic mass is 10.2. The fraction of sp³-hybridized carbons (Fsp3) is 0.600. The highest BCUT2D eigenvalue weighted by atomic mass is 16.6. The van der Waals surface area contributed by atoms with Gasteiger partial charge < -0.3 is 4.74 Å². The summed E-state index contributed by atoms with van der Waals surface area (Å²) in [5.74, 6) is -0.263. The summed E-state index contributed by atoms with van der Waals surface area (Å²) in [6.45, 7) is 7.31. The molecule has 0 amide bonds. The highest BCUT2D eigenvalue weighted by Gasteiger charge is 2.22. The molecule has 0 bridgehead atoms. The topological polar surface area (TPSA) is 44.1 Å². The third-order valence-corrected chi connectivity index (χ3v) is 1.67. The van der Waals surface area contributed by atoms with Crippen molar-refractivity contribution in [1.29, 1.82) is 0 Å². The zero-order chi connectivity index (χ0) is 10.8. The van der Waals surface area contributed by atoms with Gasteiger partial charge in [-0.1, -0.05) is 0 Å². The van der Waals surface area contributed by atoms with Crippen molar-refractivity contribution in [2.75, 3.05) is 0 Å². The lowest BCUT2D eigenvalue weighted by Gasteiger charge is -2.22. The van der Waals surface area contributed by atoms with E-state index in [1.54, 1.807) is 30.1 Å². The molecule has 1 heterocycles. The molecular formula is C10H16N2O2. The molecule has 0 N–H and O–H groups in total. The van der Waals surface area contributed by atoms with Gasteiger partial charge in [0.2, 0.25) is 0 Å². The first kappa shape index (κ1) is 10.8. The highest BCUT2D eigenvalue weighted by molar-refractivity contribution is 5.74. The molecule has 0 aromatic carbocycles. The summed E-state index contributed by atoms with van der Waals surface area (Å²) >= 11 is 0. The average molecular weight is 196 g/mol. The molecule has 0 fully saturated rings. The van der Waals surface area contributed by atoms with Gasteiger partial charge >= 0.3 is 5.97 Å². The van der Waals surface area contributed by atoms with Crippen LogP contribution in [0.25, 0.3) is 0 Å². The van der Waals surface area contributed by atoms with Crippen molar-refractivity contribution in [3.63, 3.8) is 0 Å². The molecule has 1 rings (SSSR count). The quantitative estimate of drug-likeness (QED) is 0.677. The second kappa shape index (κ2) is 3.82. The van der Waals surface area contributed by atoms with Gasteiger partial charge in [0.05, 0.1) is 0 Å². The Morgan fingerprint density at radius 3 is 2.57 bits per heavy atom. The number of carbonyl (C=O) groups excluding carboxylic acids is 1. The van der Waals surface area contributed by atoms with Gasteiger partial charge in [0.15, 0.2) is 0 Å². The molecular weight excluding hydrogens is 180 g/mol. The minimum atomic E-state index is -0.446. The molecule has 4 heteroatoms. The lowest BCUT2D eigenvalue weighted by molar-refractivity contribution is -0.158. The normalized spacial score (nSPS) is 13.7. The maximum atomic E-state index is 11.6. The predicted molar refractivity (Wildman–Crippen MR) is 52.8 cm³/mol. The van der Waals surface area contributed by atoms with Crippen LogP contribution in [-0.2, 0) is 9.53 Å². The fourth-order valence-electron chi connectivity index (χ4n) is 1.00. The monoisotopic (exact) mass is 196 g/mol. The molecule has 78 valence electrons. The number of ether oxygens (including phenoxy) is 1. The van der Waals surface area contributed by atoms with Gasteiger partial charge in [-0.25, -0.2) is 4.79 Å².